The van der Waals surface area contributed by atoms with Crippen molar-refractivity contribution < 1.29 is 18.3 Å². The number of sulfone groups is 1. The van der Waals surface area contributed by atoms with E-state index in [1.807, 2.05) is 30.3 Å². The summed E-state index contributed by atoms with van der Waals surface area (Å²) >= 11 is 0. The Labute approximate surface area is 107 Å². The monoisotopic (exact) mass is 271 g/mol. The molecule has 100 valence electrons. The first-order valence-corrected chi connectivity index (χ1v) is 7.62. The van der Waals surface area contributed by atoms with Crippen LogP contribution < -0.4 is 5.32 Å². The van der Waals surface area contributed by atoms with Gasteiger partial charge < -0.3 is 10.4 Å². The van der Waals surface area contributed by atoms with Gasteiger partial charge in [-0.15, -0.1) is 0 Å². The van der Waals surface area contributed by atoms with Crippen molar-refractivity contribution in [1.29, 1.82) is 0 Å². The molecule has 1 atom stereocenters. The van der Waals surface area contributed by atoms with Crippen LogP contribution in [0.15, 0.2) is 30.3 Å². The van der Waals surface area contributed by atoms with Crippen LogP contribution in [-0.4, -0.2) is 37.5 Å². The first-order valence-electron chi connectivity index (χ1n) is 5.56. The number of aliphatic carboxylic acids is 1. The molecule has 6 heteroatoms. The summed E-state index contributed by atoms with van der Waals surface area (Å²) in [6.07, 6.45) is 1.17. The zero-order valence-corrected chi connectivity index (χ0v) is 11.0. The highest BCUT2D eigenvalue weighted by Crippen LogP contribution is 2.01. The quantitative estimate of drug-likeness (QED) is 0.761. The molecule has 0 spiro atoms. The molecule has 0 radical (unpaired) electrons. The maximum Gasteiger partial charge on any atom is 0.320 e. The Morgan fingerprint density at radius 3 is 2.44 bits per heavy atom. The standard InChI is InChI=1S/C12H17NO4S/c1-18(16,17)8-7-11(12(14)15)13-9-10-5-3-2-4-6-10/h2-6,11,13H,7-9H2,1H3,(H,14,15). The molecule has 0 amide bonds. The molecule has 0 aliphatic heterocycles. The Balaban J connectivity index is 2.51. The zero-order valence-electron chi connectivity index (χ0n) is 10.2. The highest BCUT2D eigenvalue weighted by atomic mass is 32.2. The lowest BCUT2D eigenvalue weighted by Gasteiger charge is -2.13. The Hall–Kier alpha value is -1.40. The van der Waals surface area contributed by atoms with E-state index in [1.54, 1.807) is 0 Å². The molecule has 2 N–H and O–H groups in total. The molecular weight excluding hydrogens is 254 g/mol. The topological polar surface area (TPSA) is 83.5 Å². The third-order valence-corrected chi connectivity index (χ3v) is 3.45. The largest absolute Gasteiger partial charge is 0.480 e. The number of benzene rings is 1. The van der Waals surface area contributed by atoms with Crippen LogP contribution in [0.1, 0.15) is 12.0 Å². The van der Waals surface area contributed by atoms with Gasteiger partial charge in [-0.25, -0.2) is 8.42 Å². The number of carbonyl (C=O) groups is 1. The third kappa shape index (κ3) is 5.79. The maximum atomic E-state index is 11.0. The van der Waals surface area contributed by atoms with E-state index >= 15 is 0 Å². The van der Waals surface area contributed by atoms with Gasteiger partial charge in [-0.05, 0) is 12.0 Å². The van der Waals surface area contributed by atoms with E-state index in [2.05, 4.69) is 5.32 Å². The molecule has 0 saturated carbocycles. The van der Waals surface area contributed by atoms with Gasteiger partial charge in [0.25, 0.3) is 0 Å². The molecule has 0 aromatic heterocycles. The van der Waals surface area contributed by atoms with E-state index in [0.29, 0.717) is 6.54 Å². The number of nitrogens with one attached hydrogen (secondary N) is 1. The molecule has 5 nitrogen and oxygen atoms in total. The Morgan fingerprint density at radius 1 is 1.33 bits per heavy atom. The van der Waals surface area contributed by atoms with Crippen molar-refractivity contribution in [3.63, 3.8) is 0 Å². The van der Waals surface area contributed by atoms with Gasteiger partial charge in [0.05, 0.1) is 5.75 Å². The van der Waals surface area contributed by atoms with Crippen molar-refractivity contribution in [1.82, 2.24) is 5.32 Å². The minimum atomic E-state index is -3.14. The second-order valence-corrected chi connectivity index (χ2v) is 6.44. The summed E-state index contributed by atoms with van der Waals surface area (Å²) in [5, 5.41) is 11.8. The molecule has 1 aromatic rings. The molecule has 0 bridgehead atoms. The van der Waals surface area contributed by atoms with Crippen molar-refractivity contribution in [2.24, 2.45) is 0 Å². The van der Waals surface area contributed by atoms with Gasteiger partial charge in [0.2, 0.25) is 0 Å². The smallest absolute Gasteiger partial charge is 0.320 e. The average Bonchev–Trinajstić information content (AvgIpc) is 2.28. The van der Waals surface area contributed by atoms with E-state index in [-0.39, 0.29) is 12.2 Å². The minimum absolute atomic E-state index is 0.0704. The van der Waals surface area contributed by atoms with E-state index in [4.69, 9.17) is 5.11 Å². The van der Waals surface area contributed by atoms with Crippen molar-refractivity contribution in [3.05, 3.63) is 35.9 Å². The molecule has 0 aliphatic carbocycles. The van der Waals surface area contributed by atoms with Crippen LogP contribution in [0.3, 0.4) is 0 Å². The summed E-state index contributed by atoms with van der Waals surface area (Å²) in [6, 6.07) is 8.51. The zero-order chi connectivity index (χ0) is 13.6. The summed E-state index contributed by atoms with van der Waals surface area (Å²) in [4.78, 5) is 11.0. The SMILES string of the molecule is CS(=O)(=O)CCC(NCc1ccccc1)C(=O)O. The summed E-state index contributed by atoms with van der Waals surface area (Å²) in [5.74, 6) is -1.17. The molecule has 1 aromatic carbocycles. The fourth-order valence-corrected chi connectivity index (χ4v) is 2.15. The van der Waals surface area contributed by atoms with Crippen LogP contribution in [0.4, 0.5) is 0 Å². The second-order valence-electron chi connectivity index (χ2n) is 4.18. The summed E-state index contributed by atoms with van der Waals surface area (Å²) < 4.78 is 22.0. The molecule has 0 fully saturated rings. The van der Waals surface area contributed by atoms with Crippen molar-refractivity contribution in [3.8, 4) is 0 Å². The van der Waals surface area contributed by atoms with Crippen molar-refractivity contribution >= 4 is 15.8 Å². The summed E-state index contributed by atoms with van der Waals surface area (Å²) in [5.41, 5.74) is 0.961. The lowest BCUT2D eigenvalue weighted by Crippen LogP contribution is -2.37. The average molecular weight is 271 g/mol. The van der Waals surface area contributed by atoms with Crippen LogP contribution in [-0.2, 0) is 21.2 Å². The van der Waals surface area contributed by atoms with Crippen LogP contribution in [0.25, 0.3) is 0 Å². The second kappa shape index (κ2) is 6.51. The fourth-order valence-electron chi connectivity index (χ4n) is 1.48. The van der Waals surface area contributed by atoms with E-state index in [9.17, 15) is 13.2 Å². The van der Waals surface area contributed by atoms with E-state index < -0.39 is 21.8 Å². The molecule has 1 rings (SSSR count). The Bertz CT molecular complexity index is 484. The van der Waals surface area contributed by atoms with Crippen molar-refractivity contribution in [2.75, 3.05) is 12.0 Å². The van der Waals surface area contributed by atoms with Crippen LogP contribution in [0.5, 0.6) is 0 Å². The normalized spacial score (nSPS) is 13.2. The molecule has 0 heterocycles. The first kappa shape index (κ1) is 14.7. The van der Waals surface area contributed by atoms with Crippen LogP contribution in [0.2, 0.25) is 0 Å². The molecule has 0 aliphatic rings. The number of carboxylic acid groups (broad SMARTS) is 1. The summed E-state index contributed by atoms with van der Waals surface area (Å²) in [6.45, 7) is 0.404. The Morgan fingerprint density at radius 2 is 1.94 bits per heavy atom. The number of hydrogen-bond donors (Lipinski definition) is 2. The predicted octanol–water partition coefficient (Wildman–Crippen LogP) is 0.664. The Kier molecular flexibility index (Phi) is 5.30. The van der Waals surface area contributed by atoms with E-state index in [1.165, 1.54) is 0 Å². The van der Waals surface area contributed by atoms with Gasteiger partial charge >= 0.3 is 5.97 Å². The lowest BCUT2D eigenvalue weighted by molar-refractivity contribution is -0.139. The molecule has 1 unspecified atom stereocenters. The molecular formula is C12H17NO4S. The first-order chi connectivity index (χ1) is 8.38. The summed E-state index contributed by atoms with van der Waals surface area (Å²) in [7, 11) is -3.14. The van der Waals surface area contributed by atoms with Crippen molar-refractivity contribution in [2.45, 2.75) is 19.0 Å². The predicted molar refractivity (Wildman–Crippen MR) is 69.0 cm³/mol. The minimum Gasteiger partial charge on any atom is -0.480 e. The number of hydrogen-bond acceptors (Lipinski definition) is 4. The van der Waals surface area contributed by atoms with E-state index in [0.717, 1.165) is 11.8 Å². The van der Waals surface area contributed by atoms with Gasteiger partial charge in [0, 0.05) is 12.8 Å². The van der Waals surface area contributed by atoms with Gasteiger partial charge in [-0.2, -0.15) is 0 Å². The van der Waals surface area contributed by atoms with Crippen LogP contribution >= 0.6 is 0 Å². The maximum absolute atomic E-state index is 11.0. The third-order valence-electron chi connectivity index (χ3n) is 2.47. The van der Waals surface area contributed by atoms with Crippen LogP contribution in [0, 0.1) is 0 Å². The number of rotatable bonds is 7. The fraction of sp³-hybridized carbons (Fsp3) is 0.417. The van der Waals surface area contributed by atoms with Gasteiger partial charge in [-0.1, -0.05) is 30.3 Å². The molecule has 0 saturated heterocycles. The highest BCUT2D eigenvalue weighted by Gasteiger charge is 2.18. The van der Waals surface area contributed by atoms with Gasteiger partial charge in [0.15, 0.2) is 0 Å². The lowest BCUT2D eigenvalue weighted by atomic mass is 10.2. The molecule has 18 heavy (non-hydrogen) atoms. The number of carboxylic acids is 1. The highest BCUT2D eigenvalue weighted by molar-refractivity contribution is 7.90. The van der Waals surface area contributed by atoms with Gasteiger partial charge in [0.1, 0.15) is 15.9 Å². The van der Waals surface area contributed by atoms with Gasteiger partial charge in [-0.3, -0.25) is 4.79 Å².